The molecule has 1 aromatic heterocycles. The van der Waals surface area contributed by atoms with Gasteiger partial charge in [-0.1, -0.05) is 13.8 Å². The molecule has 0 aliphatic heterocycles. The summed E-state index contributed by atoms with van der Waals surface area (Å²) in [6.07, 6.45) is 8.77. The van der Waals surface area contributed by atoms with Crippen LogP contribution in [-0.2, 0) is 0 Å². The molecule has 0 saturated heterocycles. The van der Waals surface area contributed by atoms with Gasteiger partial charge in [-0.15, -0.1) is 0 Å². The number of thioether (sulfide) groups is 1. The van der Waals surface area contributed by atoms with Gasteiger partial charge in [-0.3, -0.25) is 0 Å². The highest BCUT2D eigenvalue weighted by molar-refractivity contribution is 7.99. The lowest BCUT2D eigenvalue weighted by molar-refractivity contribution is 0.471. The van der Waals surface area contributed by atoms with E-state index in [0.29, 0.717) is 17.8 Å². The van der Waals surface area contributed by atoms with Crippen molar-refractivity contribution in [2.75, 3.05) is 17.3 Å². The zero-order valence-electron chi connectivity index (χ0n) is 12.0. The smallest absolute Gasteiger partial charge is 0.135 e. The summed E-state index contributed by atoms with van der Waals surface area (Å²) in [5.41, 5.74) is 7.03. The topological polar surface area (TPSA) is 63.8 Å². The number of anilines is 2. The molecule has 0 atom stereocenters. The van der Waals surface area contributed by atoms with Gasteiger partial charge in [0.2, 0.25) is 0 Å². The molecule has 1 aliphatic rings. The molecule has 4 nitrogen and oxygen atoms in total. The Kier molecular flexibility index (Phi) is 4.91. The molecular weight excluding hydrogens is 256 g/mol. The van der Waals surface area contributed by atoms with E-state index in [0.717, 1.165) is 16.6 Å². The Morgan fingerprint density at radius 1 is 1.26 bits per heavy atom. The Balaban J connectivity index is 2.06. The predicted molar refractivity (Wildman–Crippen MR) is 83.7 cm³/mol. The third-order valence-corrected chi connectivity index (χ3v) is 4.98. The number of hydrogen-bond donors (Lipinski definition) is 2. The minimum absolute atomic E-state index is 0.339. The number of nitrogen functional groups attached to an aromatic ring is 1. The first-order chi connectivity index (χ1) is 9.11. The van der Waals surface area contributed by atoms with Crippen LogP contribution in [0.4, 0.5) is 11.6 Å². The molecule has 1 saturated carbocycles. The summed E-state index contributed by atoms with van der Waals surface area (Å²) in [7, 11) is 0. The molecule has 0 radical (unpaired) electrons. The fourth-order valence-corrected chi connectivity index (χ4v) is 3.47. The minimum atomic E-state index is 0.339. The van der Waals surface area contributed by atoms with Crippen LogP contribution in [0, 0.1) is 0 Å². The van der Waals surface area contributed by atoms with Gasteiger partial charge in [0.25, 0.3) is 0 Å². The zero-order chi connectivity index (χ0) is 13.8. The normalized spacial score (nSPS) is 23.6. The van der Waals surface area contributed by atoms with Crippen LogP contribution >= 0.6 is 11.8 Å². The molecule has 1 fully saturated rings. The van der Waals surface area contributed by atoms with Crippen molar-refractivity contribution in [2.24, 2.45) is 0 Å². The van der Waals surface area contributed by atoms with Crippen LogP contribution in [0.25, 0.3) is 0 Å². The Morgan fingerprint density at radius 2 is 1.95 bits per heavy atom. The lowest BCUT2D eigenvalue weighted by atomic mass is 9.94. The Bertz CT molecular complexity index is 414. The van der Waals surface area contributed by atoms with Crippen molar-refractivity contribution in [1.29, 1.82) is 0 Å². The van der Waals surface area contributed by atoms with Gasteiger partial charge in [-0.05, 0) is 37.9 Å². The maximum Gasteiger partial charge on any atom is 0.135 e. The first-order valence-corrected chi connectivity index (χ1v) is 8.30. The molecule has 2 rings (SSSR count). The van der Waals surface area contributed by atoms with Crippen molar-refractivity contribution in [2.45, 2.75) is 56.7 Å². The molecule has 0 unspecified atom stereocenters. The van der Waals surface area contributed by atoms with Crippen molar-refractivity contribution in [3.05, 3.63) is 11.9 Å². The molecule has 0 aromatic carbocycles. The Hall–Kier alpha value is -0.970. The van der Waals surface area contributed by atoms with E-state index in [1.54, 1.807) is 6.33 Å². The summed E-state index contributed by atoms with van der Waals surface area (Å²) in [6.45, 7) is 4.26. The number of nitrogens with two attached hydrogens (primary N) is 1. The lowest BCUT2D eigenvalue weighted by Crippen LogP contribution is -2.28. The number of nitrogens with one attached hydrogen (secondary N) is 1. The molecule has 1 heterocycles. The second kappa shape index (κ2) is 6.46. The summed E-state index contributed by atoms with van der Waals surface area (Å²) >= 11 is 1.99. The van der Waals surface area contributed by atoms with E-state index in [1.165, 1.54) is 25.7 Å². The predicted octanol–water partition coefficient (Wildman–Crippen LogP) is 3.27. The Morgan fingerprint density at radius 3 is 2.53 bits per heavy atom. The summed E-state index contributed by atoms with van der Waals surface area (Å²) < 4.78 is 0. The highest BCUT2D eigenvalue weighted by Crippen LogP contribution is 2.31. The van der Waals surface area contributed by atoms with Gasteiger partial charge in [0, 0.05) is 16.9 Å². The van der Waals surface area contributed by atoms with Crippen molar-refractivity contribution in [3.63, 3.8) is 0 Å². The molecule has 19 heavy (non-hydrogen) atoms. The second-order valence-electron chi connectivity index (χ2n) is 5.53. The average Bonchev–Trinajstić information content (AvgIpc) is 2.39. The third kappa shape index (κ3) is 3.53. The first-order valence-electron chi connectivity index (χ1n) is 7.01. The van der Waals surface area contributed by atoms with Gasteiger partial charge >= 0.3 is 0 Å². The van der Waals surface area contributed by atoms with Gasteiger partial charge < -0.3 is 11.1 Å². The fourth-order valence-electron chi connectivity index (χ4n) is 2.73. The van der Waals surface area contributed by atoms with Crippen LogP contribution < -0.4 is 11.1 Å². The number of nitrogens with zero attached hydrogens (tertiary/aromatic N) is 2. The molecule has 106 valence electrons. The van der Waals surface area contributed by atoms with Crippen LogP contribution in [0.2, 0.25) is 0 Å². The van der Waals surface area contributed by atoms with E-state index in [-0.39, 0.29) is 0 Å². The molecule has 1 aliphatic carbocycles. The Labute approximate surface area is 120 Å². The van der Waals surface area contributed by atoms with Gasteiger partial charge in [-0.25, -0.2) is 9.97 Å². The average molecular weight is 280 g/mol. The maximum atomic E-state index is 5.98. The summed E-state index contributed by atoms with van der Waals surface area (Å²) in [5, 5.41) is 4.41. The van der Waals surface area contributed by atoms with E-state index in [4.69, 9.17) is 5.73 Å². The van der Waals surface area contributed by atoms with Crippen LogP contribution in [0.1, 0.15) is 51.0 Å². The summed E-state index contributed by atoms with van der Waals surface area (Å²) in [4.78, 5) is 8.49. The largest absolute Gasteiger partial charge is 0.383 e. The number of aromatic nitrogens is 2. The second-order valence-corrected chi connectivity index (χ2v) is 6.67. The van der Waals surface area contributed by atoms with Crippen LogP contribution in [0.15, 0.2) is 6.33 Å². The SMILES string of the molecule is CSC1CCC(Nc2ncnc(N)c2C(C)C)CC1. The summed E-state index contributed by atoms with van der Waals surface area (Å²) in [6, 6.07) is 0.523. The van der Waals surface area contributed by atoms with Crippen LogP contribution in [0.5, 0.6) is 0 Å². The van der Waals surface area contributed by atoms with Gasteiger partial charge in [0.05, 0.1) is 0 Å². The quantitative estimate of drug-likeness (QED) is 0.886. The van der Waals surface area contributed by atoms with E-state index in [9.17, 15) is 0 Å². The van der Waals surface area contributed by atoms with Crippen molar-refractivity contribution in [3.8, 4) is 0 Å². The number of rotatable bonds is 4. The highest BCUT2D eigenvalue weighted by Gasteiger charge is 2.22. The van der Waals surface area contributed by atoms with Crippen molar-refractivity contribution in [1.82, 2.24) is 9.97 Å². The van der Waals surface area contributed by atoms with E-state index in [2.05, 4.69) is 35.4 Å². The van der Waals surface area contributed by atoms with Crippen LogP contribution in [-0.4, -0.2) is 27.5 Å². The first kappa shape index (κ1) is 14.4. The third-order valence-electron chi connectivity index (χ3n) is 3.84. The maximum absolute atomic E-state index is 5.98. The van der Waals surface area contributed by atoms with E-state index >= 15 is 0 Å². The zero-order valence-corrected chi connectivity index (χ0v) is 12.8. The van der Waals surface area contributed by atoms with Gasteiger partial charge in [0.1, 0.15) is 18.0 Å². The molecule has 3 N–H and O–H groups in total. The number of hydrogen-bond acceptors (Lipinski definition) is 5. The molecule has 0 amide bonds. The molecule has 0 bridgehead atoms. The molecule has 1 aromatic rings. The van der Waals surface area contributed by atoms with Crippen LogP contribution in [0.3, 0.4) is 0 Å². The monoisotopic (exact) mass is 280 g/mol. The van der Waals surface area contributed by atoms with Gasteiger partial charge in [0.15, 0.2) is 0 Å². The van der Waals surface area contributed by atoms with Gasteiger partial charge in [-0.2, -0.15) is 11.8 Å². The molecule has 0 spiro atoms. The van der Waals surface area contributed by atoms with Crippen molar-refractivity contribution < 1.29 is 0 Å². The lowest BCUT2D eigenvalue weighted by Gasteiger charge is -2.29. The summed E-state index contributed by atoms with van der Waals surface area (Å²) in [5.74, 6) is 1.87. The highest BCUT2D eigenvalue weighted by atomic mass is 32.2. The van der Waals surface area contributed by atoms with E-state index < -0.39 is 0 Å². The van der Waals surface area contributed by atoms with E-state index in [1.807, 2.05) is 11.8 Å². The molecule has 5 heteroatoms. The minimum Gasteiger partial charge on any atom is -0.383 e. The fraction of sp³-hybridized carbons (Fsp3) is 0.714. The standard InChI is InChI=1S/C14H24N4S/c1-9(2)12-13(15)16-8-17-14(12)18-10-4-6-11(19-3)7-5-10/h8-11H,4-7H2,1-3H3,(H3,15,16,17,18). The molecular formula is C14H24N4S. The van der Waals surface area contributed by atoms with Crippen molar-refractivity contribution >= 4 is 23.4 Å².